The predicted molar refractivity (Wildman–Crippen MR) is 97.5 cm³/mol. The van der Waals surface area contributed by atoms with Gasteiger partial charge in [-0.2, -0.15) is 0 Å². The Kier molecular flexibility index (Phi) is 5.10. The molecule has 2 atom stereocenters. The molecule has 2 aliphatic heterocycles. The first kappa shape index (κ1) is 16.6. The zero-order chi connectivity index (χ0) is 14.9. The molecule has 0 spiro atoms. The summed E-state index contributed by atoms with van der Waals surface area (Å²) in [5.41, 5.74) is 1.34. The van der Waals surface area contributed by atoms with Crippen LogP contribution in [0.25, 0.3) is 10.8 Å². The maximum atomic E-state index is 5.64. The van der Waals surface area contributed by atoms with Gasteiger partial charge in [0.1, 0.15) is 5.75 Å². The molecule has 4 heteroatoms. The van der Waals surface area contributed by atoms with Gasteiger partial charge in [-0.15, -0.1) is 12.4 Å². The van der Waals surface area contributed by atoms with Crippen molar-refractivity contribution in [2.45, 2.75) is 25.4 Å². The number of nitrogens with zero attached hydrogens (tertiary/aromatic N) is 1. The Morgan fingerprint density at radius 2 is 2.04 bits per heavy atom. The van der Waals surface area contributed by atoms with Gasteiger partial charge in [-0.1, -0.05) is 30.3 Å². The molecule has 2 heterocycles. The van der Waals surface area contributed by atoms with Gasteiger partial charge in [0.2, 0.25) is 0 Å². The van der Waals surface area contributed by atoms with Crippen molar-refractivity contribution in [3.8, 4) is 5.75 Å². The van der Waals surface area contributed by atoms with Crippen molar-refractivity contribution in [2.24, 2.45) is 5.92 Å². The van der Waals surface area contributed by atoms with E-state index >= 15 is 0 Å². The van der Waals surface area contributed by atoms with Crippen molar-refractivity contribution in [3.05, 3.63) is 42.0 Å². The molecule has 23 heavy (non-hydrogen) atoms. The van der Waals surface area contributed by atoms with E-state index in [0.29, 0.717) is 0 Å². The molecule has 0 amide bonds. The highest BCUT2D eigenvalue weighted by Gasteiger charge is 2.32. The summed E-state index contributed by atoms with van der Waals surface area (Å²) in [6.07, 6.45) is 2.60. The van der Waals surface area contributed by atoms with Crippen LogP contribution in [-0.4, -0.2) is 37.7 Å². The van der Waals surface area contributed by atoms with Gasteiger partial charge in [0.05, 0.1) is 7.11 Å². The van der Waals surface area contributed by atoms with Gasteiger partial charge in [0, 0.05) is 24.7 Å². The highest BCUT2D eigenvalue weighted by Crippen LogP contribution is 2.31. The van der Waals surface area contributed by atoms with Crippen molar-refractivity contribution >= 4 is 23.2 Å². The van der Waals surface area contributed by atoms with Crippen LogP contribution < -0.4 is 10.1 Å². The van der Waals surface area contributed by atoms with Crippen LogP contribution >= 0.6 is 12.4 Å². The average Bonchev–Trinajstić information content (AvgIpc) is 3.03. The molecule has 2 fully saturated rings. The number of methoxy groups -OCH3 is 1. The van der Waals surface area contributed by atoms with Gasteiger partial charge in [0.15, 0.2) is 0 Å². The van der Waals surface area contributed by atoms with Crippen LogP contribution in [0.1, 0.15) is 18.4 Å². The summed E-state index contributed by atoms with van der Waals surface area (Å²) < 4.78 is 5.64. The Labute approximate surface area is 144 Å². The summed E-state index contributed by atoms with van der Waals surface area (Å²) in [4.78, 5) is 2.61. The second kappa shape index (κ2) is 7.08. The molecule has 0 bridgehead atoms. The third-order valence-electron chi connectivity index (χ3n) is 5.34. The quantitative estimate of drug-likeness (QED) is 0.931. The Morgan fingerprint density at radius 1 is 1.17 bits per heavy atom. The summed E-state index contributed by atoms with van der Waals surface area (Å²) >= 11 is 0. The van der Waals surface area contributed by atoms with E-state index in [1.165, 1.54) is 48.8 Å². The van der Waals surface area contributed by atoms with Crippen LogP contribution in [0.15, 0.2) is 36.4 Å². The first-order valence-corrected chi connectivity index (χ1v) is 8.35. The number of hydrogen-bond acceptors (Lipinski definition) is 3. The maximum absolute atomic E-state index is 5.64. The minimum Gasteiger partial charge on any atom is -0.496 e. The van der Waals surface area contributed by atoms with Crippen molar-refractivity contribution in [2.75, 3.05) is 26.7 Å². The number of ether oxygens (including phenoxy) is 1. The van der Waals surface area contributed by atoms with Crippen molar-refractivity contribution in [3.63, 3.8) is 0 Å². The van der Waals surface area contributed by atoms with Crippen molar-refractivity contribution < 1.29 is 4.74 Å². The molecular formula is C19H25ClN2O. The van der Waals surface area contributed by atoms with Gasteiger partial charge in [-0.3, -0.25) is 4.90 Å². The molecule has 0 aromatic heterocycles. The molecule has 0 radical (unpaired) electrons. The minimum atomic E-state index is 0. The van der Waals surface area contributed by atoms with E-state index in [2.05, 4.69) is 46.6 Å². The Balaban J connectivity index is 0.00000156. The standard InChI is InChI=1S/C19H24N2O.ClH/c1-22-19-7-6-14-4-2-3-5-16(14)17(19)13-21-11-9-18-15(12-21)8-10-20-18;/h2-7,15,18,20H,8-13H2,1H3;1H. The highest BCUT2D eigenvalue weighted by molar-refractivity contribution is 5.87. The van der Waals surface area contributed by atoms with Gasteiger partial charge in [0.25, 0.3) is 0 Å². The Bertz CT molecular complexity index is 675. The predicted octanol–water partition coefficient (Wildman–Crippen LogP) is 3.45. The summed E-state index contributed by atoms with van der Waals surface area (Å²) in [6.45, 7) is 4.58. The first-order chi connectivity index (χ1) is 10.8. The molecule has 0 saturated carbocycles. The highest BCUT2D eigenvalue weighted by atomic mass is 35.5. The number of likely N-dealkylation sites (tertiary alicyclic amines) is 1. The minimum absolute atomic E-state index is 0. The van der Waals surface area contributed by atoms with E-state index in [1.807, 2.05) is 0 Å². The number of fused-ring (bicyclic) bond motifs is 2. The lowest BCUT2D eigenvalue weighted by Gasteiger charge is -2.35. The van der Waals surface area contributed by atoms with E-state index in [9.17, 15) is 0 Å². The van der Waals surface area contributed by atoms with Crippen LogP contribution in [0.5, 0.6) is 5.75 Å². The molecule has 2 saturated heterocycles. The molecular weight excluding hydrogens is 308 g/mol. The topological polar surface area (TPSA) is 24.5 Å². The lowest BCUT2D eigenvalue weighted by molar-refractivity contribution is 0.155. The smallest absolute Gasteiger partial charge is 0.123 e. The van der Waals surface area contributed by atoms with E-state index < -0.39 is 0 Å². The van der Waals surface area contributed by atoms with Crippen molar-refractivity contribution in [1.29, 1.82) is 0 Å². The molecule has 4 rings (SSSR count). The van der Waals surface area contributed by atoms with E-state index in [4.69, 9.17) is 4.74 Å². The van der Waals surface area contributed by atoms with Gasteiger partial charge in [-0.05, 0) is 48.7 Å². The zero-order valence-corrected chi connectivity index (χ0v) is 14.4. The summed E-state index contributed by atoms with van der Waals surface area (Å²) in [5.74, 6) is 1.85. The van der Waals surface area contributed by atoms with E-state index in [1.54, 1.807) is 7.11 Å². The van der Waals surface area contributed by atoms with Gasteiger partial charge >= 0.3 is 0 Å². The maximum Gasteiger partial charge on any atom is 0.123 e. The number of hydrogen-bond donors (Lipinski definition) is 1. The fraction of sp³-hybridized carbons (Fsp3) is 0.474. The van der Waals surface area contributed by atoms with E-state index in [-0.39, 0.29) is 12.4 Å². The lowest BCUT2D eigenvalue weighted by Crippen LogP contribution is -2.43. The van der Waals surface area contributed by atoms with Crippen LogP contribution in [0.4, 0.5) is 0 Å². The molecule has 1 N–H and O–H groups in total. The molecule has 0 aliphatic carbocycles. The average molecular weight is 333 g/mol. The number of nitrogens with one attached hydrogen (secondary N) is 1. The second-order valence-electron chi connectivity index (χ2n) is 6.60. The molecule has 3 nitrogen and oxygen atoms in total. The number of halogens is 1. The fourth-order valence-corrected chi connectivity index (χ4v) is 4.16. The normalized spacial score (nSPS) is 24.2. The van der Waals surface area contributed by atoms with Crippen LogP contribution in [0.2, 0.25) is 0 Å². The third-order valence-corrected chi connectivity index (χ3v) is 5.34. The molecule has 2 unspecified atom stereocenters. The zero-order valence-electron chi connectivity index (χ0n) is 13.6. The van der Waals surface area contributed by atoms with Gasteiger partial charge in [-0.25, -0.2) is 0 Å². The van der Waals surface area contributed by atoms with E-state index in [0.717, 1.165) is 24.3 Å². The molecule has 2 aromatic rings. The third kappa shape index (κ3) is 3.18. The number of rotatable bonds is 3. The monoisotopic (exact) mass is 332 g/mol. The number of benzene rings is 2. The summed E-state index contributed by atoms with van der Waals surface area (Å²) in [5, 5.41) is 6.27. The van der Waals surface area contributed by atoms with Gasteiger partial charge < -0.3 is 10.1 Å². The SMILES string of the molecule is COc1ccc2ccccc2c1CN1CCC2NCCC2C1.Cl. The second-order valence-corrected chi connectivity index (χ2v) is 6.60. The molecule has 2 aromatic carbocycles. The Morgan fingerprint density at radius 3 is 2.91 bits per heavy atom. The summed E-state index contributed by atoms with van der Waals surface area (Å²) in [7, 11) is 1.78. The lowest BCUT2D eigenvalue weighted by atomic mass is 9.92. The van der Waals surface area contributed by atoms with Crippen LogP contribution in [0.3, 0.4) is 0 Å². The molecule has 124 valence electrons. The largest absolute Gasteiger partial charge is 0.496 e. The summed E-state index contributed by atoms with van der Waals surface area (Å²) in [6, 6.07) is 13.7. The molecule has 2 aliphatic rings. The Hall–Kier alpha value is -1.29. The first-order valence-electron chi connectivity index (χ1n) is 8.35. The fourth-order valence-electron chi connectivity index (χ4n) is 4.16. The van der Waals surface area contributed by atoms with Crippen molar-refractivity contribution in [1.82, 2.24) is 10.2 Å². The number of piperidine rings is 1. The van der Waals surface area contributed by atoms with Crippen LogP contribution in [0, 0.1) is 5.92 Å². The van der Waals surface area contributed by atoms with Crippen LogP contribution in [-0.2, 0) is 6.54 Å².